The molecular formula is C23H30OSi. The van der Waals surface area contributed by atoms with Crippen molar-refractivity contribution in [2.45, 2.75) is 51.2 Å². The third kappa shape index (κ3) is 4.50. The lowest BCUT2D eigenvalue weighted by molar-refractivity contribution is 0.118. The molecule has 1 aliphatic carbocycles. The minimum absolute atomic E-state index is 0.389. The van der Waals surface area contributed by atoms with Gasteiger partial charge >= 0.3 is 0 Å². The molecule has 0 spiro atoms. The molecule has 0 unspecified atom stereocenters. The maximum absolute atomic E-state index is 6.97. The van der Waals surface area contributed by atoms with Crippen molar-refractivity contribution in [1.82, 2.24) is 0 Å². The van der Waals surface area contributed by atoms with Crippen LogP contribution in [-0.4, -0.2) is 14.4 Å². The quantitative estimate of drug-likeness (QED) is 0.509. The minimum Gasteiger partial charge on any atom is -0.405 e. The van der Waals surface area contributed by atoms with Crippen LogP contribution in [0, 0.1) is 5.92 Å². The zero-order valence-corrected chi connectivity index (χ0v) is 16.4. The van der Waals surface area contributed by atoms with E-state index in [1.54, 1.807) is 0 Å². The zero-order chi connectivity index (χ0) is 17.5. The summed E-state index contributed by atoms with van der Waals surface area (Å²) < 4.78 is 6.97. The van der Waals surface area contributed by atoms with Crippen molar-refractivity contribution < 1.29 is 4.43 Å². The monoisotopic (exact) mass is 350 g/mol. The molecule has 2 aromatic rings. The molecule has 0 amide bonds. The van der Waals surface area contributed by atoms with E-state index in [2.05, 4.69) is 79.9 Å². The predicted molar refractivity (Wildman–Crippen MR) is 110 cm³/mol. The molecule has 1 fully saturated rings. The Bertz CT molecular complexity index is 613. The van der Waals surface area contributed by atoms with E-state index in [1.807, 2.05) is 0 Å². The van der Waals surface area contributed by atoms with Gasteiger partial charge in [-0.25, -0.2) is 0 Å². The summed E-state index contributed by atoms with van der Waals surface area (Å²) in [5, 5.41) is 2.74. The molecule has 1 aliphatic rings. The Morgan fingerprint density at radius 1 is 1.00 bits per heavy atom. The summed E-state index contributed by atoms with van der Waals surface area (Å²) in [5.41, 5.74) is 0. The molecule has 0 aromatic heterocycles. The molecule has 132 valence electrons. The lowest BCUT2D eigenvalue weighted by Crippen LogP contribution is -2.60. The van der Waals surface area contributed by atoms with Crippen LogP contribution in [0.1, 0.15) is 38.5 Å². The lowest BCUT2D eigenvalue weighted by Gasteiger charge is -2.37. The fourth-order valence-electron chi connectivity index (χ4n) is 4.11. The first-order valence-electron chi connectivity index (χ1n) is 9.62. The highest BCUT2D eigenvalue weighted by atomic mass is 28.4. The van der Waals surface area contributed by atoms with Crippen LogP contribution in [0.2, 0.25) is 6.55 Å². The van der Waals surface area contributed by atoms with E-state index >= 15 is 0 Å². The summed E-state index contributed by atoms with van der Waals surface area (Å²) in [5.74, 6) is 0.793. The molecule has 0 N–H and O–H groups in total. The molecule has 2 heteroatoms. The average Bonchev–Trinajstić information content (AvgIpc) is 2.68. The summed E-state index contributed by atoms with van der Waals surface area (Å²) in [6.45, 7) is 6.24. The highest BCUT2D eigenvalue weighted by Gasteiger charge is 2.37. The van der Waals surface area contributed by atoms with Crippen LogP contribution < -0.4 is 10.4 Å². The van der Waals surface area contributed by atoms with Gasteiger partial charge in [0.2, 0.25) is 0 Å². The second kappa shape index (κ2) is 8.64. The molecule has 0 saturated heterocycles. The van der Waals surface area contributed by atoms with E-state index in [1.165, 1.54) is 42.5 Å². The third-order valence-corrected chi connectivity index (χ3v) is 9.24. The van der Waals surface area contributed by atoms with Gasteiger partial charge in [0.1, 0.15) is 0 Å². The maximum atomic E-state index is 6.97. The summed E-state index contributed by atoms with van der Waals surface area (Å²) in [7, 11) is -2.17. The minimum atomic E-state index is -2.17. The summed E-state index contributed by atoms with van der Waals surface area (Å²) in [6, 6.07) is 21.7. The number of allylic oxidation sites excluding steroid dienone is 1. The van der Waals surface area contributed by atoms with Crippen LogP contribution in [0.5, 0.6) is 0 Å². The van der Waals surface area contributed by atoms with Gasteiger partial charge in [-0.3, -0.25) is 0 Å². The Hall–Kier alpha value is -1.64. The Morgan fingerprint density at radius 3 is 2.16 bits per heavy atom. The van der Waals surface area contributed by atoms with Crippen molar-refractivity contribution in [3.05, 3.63) is 73.3 Å². The van der Waals surface area contributed by atoms with Gasteiger partial charge in [0.25, 0.3) is 8.32 Å². The Morgan fingerprint density at radius 2 is 1.60 bits per heavy atom. The van der Waals surface area contributed by atoms with Crippen molar-refractivity contribution in [2.24, 2.45) is 5.92 Å². The highest BCUT2D eigenvalue weighted by molar-refractivity contribution is 6.96. The van der Waals surface area contributed by atoms with E-state index in [-0.39, 0.29) is 0 Å². The molecule has 0 aliphatic heterocycles. The molecule has 0 heterocycles. The second-order valence-corrected chi connectivity index (χ2v) is 10.9. The SMILES string of the molecule is C=CCC[C@@H]1CCC[C@@H](O[Si](C)(c2ccccc2)c2ccccc2)C1. The maximum Gasteiger partial charge on any atom is 0.253 e. The third-order valence-electron chi connectivity index (χ3n) is 5.57. The molecule has 25 heavy (non-hydrogen) atoms. The van der Waals surface area contributed by atoms with Crippen molar-refractivity contribution in [3.63, 3.8) is 0 Å². The van der Waals surface area contributed by atoms with Gasteiger partial charge in [-0.1, -0.05) is 79.6 Å². The second-order valence-electron chi connectivity index (χ2n) is 7.40. The normalized spacial score (nSPS) is 21.0. The van der Waals surface area contributed by atoms with Crippen molar-refractivity contribution in [1.29, 1.82) is 0 Å². The average molecular weight is 351 g/mol. The van der Waals surface area contributed by atoms with E-state index in [0.29, 0.717) is 6.10 Å². The van der Waals surface area contributed by atoms with Gasteiger partial charge in [-0.2, -0.15) is 0 Å². The van der Waals surface area contributed by atoms with E-state index < -0.39 is 8.32 Å². The number of benzene rings is 2. The van der Waals surface area contributed by atoms with Crippen LogP contribution >= 0.6 is 0 Å². The fourth-order valence-corrected chi connectivity index (χ4v) is 7.26. The first-order chi connectivity index (χ1) is 12.2. The Labute approximate surface area is 153 Å². The van der Waals surface area contributed by atoms with Crippen LogP contribution in [0.3, 0.4) is 0 Å². The van der Waals surface area contributed by atoms with E-state index in [9.17, 15) is 0 Å². The molecule has 1 saturated carbocycles. The number of rotatable bonds is 7. The first-order valence-corrected chi connectivity index (χ1v) is 12.0. The largest absolute Gasteiger partial charge is 0.405 e. The van der Waals surface area contributed by atoms with Crippen molar-refractivity contribution in [3.8, 4) is 0 Å². The number of hydrogen-bond donors (Lipinski definition) is 0. The van der Waals surface area contributed by atoms with Gasteiger partial charge < -0.3 is 4.43 Å². The molecule has 2 aromatic carbocycles. The summed E-state index contributed by atoms with van der Waals surface area (Å²) >= 11 is 0. The zero-order valence-electron chi connectivity index (χ0n) is 15.4. The topological polar surface area (TPSA) is 9.23 Å². The van der Waals surface area contributed by atoms with Crippen LogP contribution in [0.4, 0.5) is 0 Å². The van der Waals surface area contributed by atoms with E-state index in [0.717, 1.165) is 12.3 Å². The summed E-state index contributed by atoms with van der Waals surface area (Å²) in [4.78, 5) is 0. The predicted octanol–water partition coefficient (Wildman–Crippen LogP) is 4.92. The van der Waals surface area contributed by atoms with Crippen LogP contribution in [0.25, 0.3) is 0 Å². The Kier molecular flexibility index (Phi) is 6.27. The standard InChI is InChI=1S/C23H30OSi/c1-3-4-12-20-13-11-14-21(19-20)24-25(2,22-15-7-5-8-16-22)23-17-9-6-10-18-23/h3,5-10,15-18,20-21H,1,4,11-14,19H2,2H3/t20-,21-/m1/s1. The molecule has 2 atom stereocenters. The van der Waals surface area contributed by atoms with Crippen molar-refractivity contribution >= 4 is 18.7 Å². The fraction of sp³-hybridized carbons (Fsp3) is 0.391. The Balaban J connectivity index is 1.82. The number of hydrogen-bond acceptors (Lipinski definition) is 1. The van der Waals surface area contributed by atoms with Gasteiger partial charge in [-0.15, -0.1) is 6.58 Å². The van der Waals surface area contributed by atoms with Gasteiger partial charge in [0.15, 0.2) is 0 Å². The van der Waals surface area contributed by atoms with Gasteiger partial charge in [0.05, 0.1) is 0 Å². The first kappa shape index (κ1) is 18.2. The lowest BCUT2D eigenvalue weighted by atomic mass is 9.84. The van der Waals surface area contributed by atoms with E-state index in [4.69, 9.17) is 4.43 Å². The van der Waals surface area contributed by atoms with Crippen molar-refractivity contribution in [2.75, 3.05) is 0 Å². The molecule has 0 radical (unpaired) electrons. The smallest absolute Gasteiger partial charge is 0.253 e. The van der Waals surface area contributed by atoms with Gasteiger partial charge in [0, 0.05) is 6.10 Å². The van der Waals surface area contributed by atoms with Crippen LogP contribution in [0.15, 0.2) is 73.3 Å². The molecular weight excluding hydrogens is 320 g/mol. The van der Waals surface area contributed by atoms with Gasteiger partial charge in [-0.05, 0) is 48.5 Å². The molecule has 1 nitrogen and oxygen atoms in total. The van der Waals surface area contributed by atoms with Crippen LogP contribution in [-0.2, 0) is 4.43 Å². The summed E-state index contributed by atoms with van der Waals surface area (Å²) in [6.07, 6.45) is 9.88. The highest BCUT2D eigenvalue weighted by Crippen LogP contribution is 2.31. The molecule has 0 bridgehead atoms. The molecule has 3 rings (SSSR count).